The van der Waals surface area contributed by atoms with Crippen molar-refractivity contribution in [1.82, 2.24) is 0 Å². The van der Waals surface area contributed by atoms with Crippen LogP contribution in [0.1, 0.15) is 117 Å². The Morgan fingerprint density at radius 3 is 2.54 bits per heavy atom. The molecule has 13 rings (SSSR count). The number of nitrogens with zero attached hydrogens (tertiary/aromatic N) is 1. The number of fused-ring (bicyclic) bond motifs is 1. The maximum atomic E-state index is 15.6. The Hall–Kier alpha value is -1.86. The third-order valence-corrected chi connectivity index (χ3v) is 23.1. The lowest BCUT2D eigenvalue weighted by Gasteiger charge is -2.70. The normalized spacial score (nSPS) is 50.3. The van der Waals surface area contributed by atoms with Crippen molar-refractivity contribution in [2.24, 2.45) is 62.6 Å². The van der Waals surface area contributed by atoms with Gasteiger partial charge in [-0.2, -0.15) is 0 Å². The number of benzene rings is 1. The van der Waals surface area contributed by atoms with Crippen molar-refractivity contribution in [2.75, 3.05) is 23.0 Å². The maximum Gasteiger partial charge on any atom is 0.233 e. The zero-order valence-corrected chi connectivity index (χ0v) is 38.1. The van der Waals surface area contributed by atoms with Crippen LogP contribution in [0.2, 0.25) is 0 Å². The zero-order chi connectivity index (χ0) is 42.7. The van der Waals surface area contributed by atoms with Gasteiger partial charge in [-0.1, -0.05) is 74.3 Å². The molecule has 1 aromatic rings. The van der Waals surface area contributed by atoms with E-state index in [1.54, 1.807) is 33.7 Å². The van der Waals surface area contributed by atoms with Crippen molar-refractivity contribution < 1.29 is 39.9 Å². The van der Waals surface area contributed by atoms with Crippen molar-refractivity contribution in [1.29, 1.82) is 0 Å². The Labute approximate surface area is 369 Å². The molecule has 4 spiro atoms. The fraction of sp³-hybridized carbons (Fsp3) is 0.760. The van der Waals surface area contributed by atoms with Crippen molar-refractivity contribution in [2.45, 2.75) is 153 Å². The molecule has 12 aliphatic rings. The topological polar surface area (TPSA) is 151 Å². The summed E-state index contributed by atoms with van der Waals surface area (Å²) >= 11 is 0. The van der Waals surface area contributed by atoms with E-state index in [2.05, 4.69) is 45.9 Å². The summed E-state index contributed by atoms with van der Waals surface area (Å²) in [5.41, 5.74) is -3.92. The van der Waals surface area contributed by atoms with Gasteiger partial charge >= 0.3 is 0 Å². The fourth-order valence-electron chi connectivity index (χ4n) is 17.1. The van der Waals surface area contributed by atoms with Crippen LogP contribution in [0, 0.1) is 62.6 Å². The number of hydrogen-bond donors (Lipinski definition) is 5. The molecule has 332 valence electrons. The highest BCUT2D eigenvalue weighted by atomic mass is 33.1. The van der Waals surface area contributed by atoms with Crippen molar-refractivity contribution in [3.63, 3.8) is 0 Å². The maximum absolute atomic E-state index is 15.6. The molecule has 16 atom stereocenters. The second-order valence-electron chi connectivity index (χ2n) is 22.5. The van der Waals surface area contributed by atoms with Crippen LogP contribution in [-0.2, 0) is 20.7 Å². The van der Waals surface area contributed by atoms with Gasteiger partial charge in [-0.05, 0) is 141 Å². The molecule has 5 N–H and O–H groups in total. The van der Waals surface area contributed by atoms with Gasteiger partial charge in [0.2, 0.25) is 5.91 Å². The van der Waals surface area contributed by atoms with E-state index in [1.165, 1.54) is 0 Å². The van der Waals surface area contributed by atoms with E-state index in [4.69, 9.17) is 4.74 Å². The van der Waals surface area contributed by atoms with Gasteiger partial charge in [0.15, 0.2) is 5.78 Å². The van der Waals surface area contributed by atoms with E-state index in [0.717, 1.165) is 54.7 Å². The van der Waals surface area contributed by atoms with Gasteiger partial charge in [-0.25, -0.2) is 0 Å². The van der Waals surface area contributed by atoms with Gasteiger partial charge in [0, 0.05) is 46.6 Å². The number of anilines is 1. The van der Waals surface area contributed by atoms with Gasteiger partial charge in [0.25, 0.3) is 0 Å². The predicted molar refractivity (Wildman–Crippen MR) is 238 cm³/mol. The minimum atomic E-state index is -1.45. The average Bonchev–Trinajstić information content (AvgIpc) is 3.81. The van der Waals surface area contributed by atoms with Gasteiger partial charge < -0.3 is 35.2 Å². The number of hydrogen-bond acceptors (Lipinski definition) is 10. The lowest BCUT2D eigenvalue weighted by atomic mass is 9.34. The highest BCUT2D eigenvalue weighted by molar-refractivity contribution is 8.76. The summed E-state index contributed by atoms with van der Waals surface area (Å²) in [5, 5.41) is 62.6. The summed E-state index contributed by atoms with van der Waals surface area (Å²) in [7, 11) is 3.47. The Kier molecular flexibility index (Phi) is 9.48. The van der Waals surface area contributed by atoms with Crippen LogP contribution in [-0.4, -0.2) is 90.9 Å². The molecule has 9 nitrogen and oxygen atoms in total. The van der Waals surface area contributed by atoms with Crippen molar-refractivity contribution >= 4 is 39.0 Å². The molecule has 61 heavy (non-hydrogen) atoms. The summed E-state index contributed by atoms with van der Waals surface area (Å²) in [5.74, 6) is 1.49. The number of amides is 1. The molecule has 11 heteroatoms. The predicted octanol–water partition coefficient (Wildman–Crippen LogP) is 7.55. The van der Waals surface area contributed by atoms with E-state index < -0.39 is 50.5 Å². The van der Waals surface area contributed by atoms with Gasteiger partial charge in [0.1, 0.15) is 17.5 Å². The number of aliphatic hydroxyl groups is 4. The number of ketones is 1. The third kappa shape index (κ3) is 5.18. The monoisotopic (exact) mass is 873 g/mol. The van der Waals surface area contributed by atoms with Crippen LogP contribution in [0.3, 0.4) is 0 Å². The number of rotatable bonds is 3. The average molecular weight is 874 g/mol. The number of aromatic hydroxyl groups is 1. The minimum Gasteiger partial charge on any atom is -0.508 e. The highest BCUT2D eigenvalue weighted by Gasteiger charge is 2.83. The summed E-state index contributed by atoms with van der Waals surface area (Å²) in [6.07, 6.45) is 13.2. The molecule has 16 unspecified atom stereocenters. The molecule has 7 fully saturated rings. The van der Waals surface area contributed by atoms with E-state index in [1.807, 2.05) is 11.0 Å². The Morgan fingerprint density at radius 2 is 1.74 bits per heavy atom. The largest absolute Gasteiger partial charge is 0.508 e. The first-order valence-electron chi connectivity index (χ1n) is 23.8. The first-order chi connectivity index (χ1) is 29.0. The number of phenolic OH excluding ortho intramolecular Hbond substituents is 1. The highest BCUT2D eigenvalue weighted by Crippen LogP contribution is 2.83. The molecule has 1 amide bonds. The fourth-order valence-corrected chi connectivity index (χ4v) is 20.3. The molecule has 1 aromatic carbocycles. The quantitative estimate of drug-likeness (QED) is 0.117. The van der Waals surface area contributed by atoms with Crippen LogP contribution in [0.25, 0.3) is 0 Å². The second kappa shape index (κ2) is 13.8. The molecule has 2 saturated heterocycles. The van der Waals surface area contributed by atoms with E-state index in [9.17, 15) is 30.3 Å². The smallest absolute Gasteiger partial charge is 0.233 e. The lowest BCUT2D eigenvalue weighted by Crippen LogP contribution is -2.73. The molecular formula is C50H67NO8S2. The molecule has 7 aliphatic carbocycles. The van der Waals surface area contributed by atoms with Gasteiger partial charge in [-0.3, -0.25) is 9.59 Å². The molecule has 5 heterocycles. The summed E-state index contributed by atoms with van der Waals surface area (Å²) in [6, 6.07) is 5.62. The number of epoxide rings is 1. The molecular weight excluding hydrogens is 807 g/mol. The summed E-state index contributed by atoms with van der Waals surface area (Å²) in [6.45, 7) is 9.45. The number of carbonyl (C=O) groups is 2. The molecule has 0 radical (unpaired) electrons. The SMILES string of the molecule is CC(C)C(C)C1OC1C1(O)CC=CC2CC34CCC5C(O)C(O)CC6(CSSCC7CCCCC78CCN(C8=O)c7cc(O)cc(c7)CCC27C1CCC7(O)C3=CC6=O)C54C. The zero-order valence-electron chi connectivity index (χ0n) is 36.5. The second-order valence-corrected chi connectivity index (χ2v) is 25.0. The number of ether oxygens (including phenoxy) is 1. The van der Waals surface area contributed by atoms with Crippen molar-refractivity contribution in [3.05, 3.63) is 47.6 Å². The number of aryl methyl sites for hydroxylation is 1. The Bertz CT molecular complexity index is 2090. The Balaban J connectivity index is 1.10. The molecule has 5 saturated carbocycles. The summed E-state index contributed by atoms with van der Waals surface area (Å²) in [4.78, 5) is 32.3. The third-order valence-electron chi connectivity index (χ3n) is 20.5. The lowest BCUT2D eigenvalue weighted by molar-refractivity contribution is -0.222. The van der Waals surface area contributed by atoms with Crippen LogP contribution in [0.4, 0.5) is 5.69 Å². The van der Waals surface area contributed by atoms with Crippen LogP contribution in [0.5, 0.6) is 5.75 Å². The number of phenols is 1. The molecule has 0 aromatic heterocycles. The Morgan fingerprint density at radius 1 is 0.918 bits per heavy atom. The first kappa shape index (κ1) is 41.8. The van der Waals surface area contributed by atoms with E-state index in [0.29, 0.717) is 69.6 Å². The van der Waals surface area contributed by atoms with Crippen LogP contribution < -0.4 is 4.90 Å². The number of aliphatic hydroxyl groups excluding tert-OH is 2. The molecule has 8 bridgehead atoms. The van der Waals surface area contributed by atoms with Gasteiger partial charge in [-0.15, -0.1) is 0 Å². The van der Waals surface area contributed by atoms with Crippen LogP contribution in [0.15, 0.2) is 42.0 Å². The first-order valence-corrected chi connectivity index (χ1v) is 26.3. The van der Waals surface area contributed by atoms with Crippen molar-refractivity contribution in [3.8, 4) is 5.75 Å². The summed E-state index contributed by atoms with van der Waals surface area (Å²) < 4.78 is 6.53. The van der Waals surface area contributed by atoms with Crippen LogP contribution >= 0.6 is 21.6 Å². The van der Waals surface area contributed by atoms with E-state index >= 15 is 4.79 Å². The molecule has 5 aliphatic heterocycles. The standard InChI is InChI=1S/C50H67NO8S2/c1-28(2)29(3)41-42(59-41)49(57)14-7-9-31-24-46-15-11-35-40(55)36(53)25-47(44(35,46)4)27-61-60-26-32-8-5-6-13-45(32)18-19-51(43(45)56)33-20-30(21-34(52)22-33)10-16-48(31)37(49)12-17-50(48,58)38(46)23-39(47)54/h7,9,20-23,28-29,31-32,35-37,40-42,52-53,55,57-58H,5-6,8,10-19,24-27H2,1-4H3. The number of carbonyl (C=O) groups excluding carboxylic acids is 2. The minimum absolute atomic E-state index is 0.0425. The van der Waals surface area contributed by atoms with E-state index in [-0.39, 0.29) is 65.7 Å². The van der Waals surface area contributed by atoms with Gasteiger partial charge in [0.05, 0.1) is 34.7 Å². The number of allylic oxidation sites excluding steroid dienone is 2.